The largest absolute Gasteiger partial charge is 0.493 e. The Kier molecular flexibility index (Phi) is 6.48. The molecule has 1 unspecified atom stereocenters. The first-order chi connectivity index (χ1) is 9.83. The lowest BCUT2D eigenvalue weighted by atomic mass is 10.2. The van der Waals surface area contributed by atoms with Gasteiger partial charge in [-0.2, -0.15) is 0 Å². The Balaban J connectivity index is 1.89. The zero-order valence-electron chi connectivity index (χ0n) is 12.1. The number of alkyl halides is 1. The van der Waals surface area contributed by atoms with Crippen molar-refractivity contribution < 1.29 is 14.2 Å². The summed E-state index contributed by atoms with van der Waals surface area (Å²) in [7, 11) is 0. The van der Waals surface area contributed by atoms with E-state index in [4.69, 9.17) is 25.8 Å². The fourth-order valence-corrected chi connectivity index (χ4v) is 2.48. The van der Waals surface area contributed by atoms with E-state index in [-0.39, 0.29) is 0 Å². The van der Waals surface area contributed by atoms with Crippen molar-refractivity contribution in [3.8, 4) is 11.5 Å². The molecule has 0 aliphatic carbocycles. The van der Waals surface area contributed by atoms with E-state index in [1.165, 1.54) is 0 Å². The Labute approximate surface area is 126 Å². The molecule has 1 fully saturated rings. The van der Waals surface area contributed by atoms with Crippen LogP contribution in [0.4, 0.5) is 0 Å². The zero-order chi connectivity index (χ0) is 14.2. The lowest BCUT2D eigenvalue weighted by Gasteiger charge is -2.14. The second-order valence-corrected chi connectivity index (χ2v) is 5.29. The molecule has 0 bridgehead atoms. The summed E-state index contributed by atoms with van der Waals surface area (Å²) in [5.41, 5.74) is 1.00. The number of halogens is 1. The normalized spacial score (nSPS) is 18.2. The van der Waals surface area contributed by atoms with E-state index in [1.54, 1.807) is 0 Å². The molecule has 1 aromatic carbocycles. The first kappa shape index (κ1) is 15.5. The van der Waals surface area contributed by atoms with Gasteiger partial charge in [-0.25, -0.2) is 0 Å². The van der Waals surface area contributed by atoms with Crippen LogP contribution in [0.5, 0.6) is 11.5 Å². The third-order valence-corrected chi connectivity index (χ3v) is 3.66. The average molecular weight is 299 g/mol. The van der Waals surface area contributed by atoms with Crippen LogP contribution in [-0.2, 0) is 10.6 Å². The van der Waals surface area contributed by atoms with Gasteiger partial charge in [0.15, 0.2) is 0 Å². The highest BCUT2D eigenvalue weighted by molar-refractivity contribution is 6.17. The fourth-order valence-electron chi connectivity index (χ4n) is 2.26. The van der Waals surface area contributed by atoms with Gasteiger partial charge in [-0.15, -0.1) is 11.6 Å². The summed E-state index contributed by atoms with van der Waals surface area (Å²) in [5, 5.41) is 0. The molecule has 0 aromatic heterocycles. The van der Waals surface area contributed by atoms with Gasteiger partial charge in [0.2, 0.25) is 0 Å². The van der Waals surface area contributed by atoms with E-state index >= 15 is 0 Å². The highest BCUT2D eigenvalue weighted by Crippen LogP contribution is 2.27. The standard InChI is InChI=1S/C16H23ClO3/c1-2-8-18-15-6-5-13(12-17)16(11-15)20-10-7-14-4-3-9-19-14/h5-6,11,14H,2-4,7-10,12H2,1H3. The molecule has 0 spiro atoms. The summed E-state index contributed by atoms with van der Waals surface area (Å²) in [6, 6.07) is 5.85. The van der Waals surface area contributed by atoms with Crippen molar-refractivity contribution in [2.75, 3.05) is 19.8 Å². The summed E-state index contributed by atoms with van der Waals surface area (Å²) in [6.07, 6.45) is 4.59. The maximum absolute atomic E-state index is 5.95. The predicted molar refractivity (Wildman–Crippen MR) is 80.9 cm³/mol. The maximum atomic E-state index is 5.95. The van der Waals surface area contributed by atoms with Crippen molar-refractivity contribution in [1.82, 2.24) is 0 Å². The summed E-state index contributed by atoms with van der Waals surface area (Å²) in [6.45, 7) is 4.35. The van der Waals surface area contributed by atoms with Gasteiger partial charge in [0.05, 0.1) is 25.2 Å². The third kappa shape index (κ3) is 4.57. The molecule has 1 atom stereocenters. The predicted octanol–water partition coefficient (Wildman–Crippen LogP) is 4.16. The van der Waals surface area contributed by atoms with Crippen molar-refractivity contribution >= 4 is 11.6 Å². The first-order valence-corrected chi connectivity index (χ1v) is 7.93. The van der Waals surface area contributed by atoms with Crippen LogP contribution in [0.2, 0.25) is 0 Å². The number of hydrogen-bond donors (Lipinski definition) is 0. The molecule has 1 saturated heterocycles. The summed E-state index contributed by atoms with van der Waals surface area (Å²) < 4.78 is 17.1. The van der Waals surface area contributed by atoms with Crippen LogP contribution in [0.3, 0.4) is 0 Å². The van der Waals surface area contributed by atoms with Crippen molar-refractivity contribution in [2.45, 2.75) is 44.6 Å². The van der Waals surface area contributed by atoms with Gasteiger partial charge < -0.3 is 14.2 Å². The highest BCUT2D eigenvalue weighted by Gasteiger charge is 2.15. The highest BCUT2D eigenvalue weighted by atomic mass is 35.5. The van der Waals surface area contributed by atoms with Gasteiger partial charge in [0.1, 0.15) is 11.5 Å². The van der Waals surface area contributed by atoms with E-state index in [0.29, 0.717) is 18.6 Å². The summed E-state index contributed by atoms with van der Waals surface area (Å²) in [5.74, 6) is 2.11. The molecule has 20 heavy (non-hydrogen) atoms. The minimum absolute atomic E-state index is 0.356. The van der Waals surface area contributed by atoms with E-state index < -0.39 is 0 Å². The molecule has 0 radical (unpaired) electrons. The Morgan fingerprint density at radius 3 is 2.90 bits per heavy atom. The SMILES string of the molecule is CCCOc1ccc(CCl)c(OCCC2CCCO2)c1. The van der Waals surface area contributed by atoms with Crippen molar-refractivity contribution in [3.63, 3.8) is 0 Å². The van der Waals surface area contributed by atoms with Crippen LogP contribution >= 0.6 is 11.6 Å². The van der Waals surface area contributed by atoms with Gasteiger partial charge in [0, 0.05) is 24.7 Å². The molecule has 1 heterocycles. The maximum Gasteiger partial charge on any atom is 0.127 e. The Morgan fingerprint density at radius 1 is 1.30 bits per heavy atom. The molecule has 4 heteroatoms. The molecule has 0 amide bonds. The van der Waals surface area contributed by atoms with Gasteiger partial charge in [-0.1, -0.05) is 13.0 Å². The van der Waals surface area contributed by atoms with E-state index in [0.717, 1.165) is 56.0 Å². The monoisotopic (exact) mass is 298 g/mol. The molecule has 2 rings (SSSR count). The fraction of sp³-hybridized carbons (Fsp3) is 0.625. The summed E-state index contributed by atoms with van der Waals surface area (Å²) >= 11 is 5.95. The van der Waals surface area contributed by atoms with Gasteiger partial charge in [-0.3, -0.25) is 0 Å². The lowest BCUT2D eigenvalue weighted by Crippen LogP contribution is -2.11. The van der Waals surface area contributed by atoms with Crippen LogP contribution in [-0.4, -0.2) is 25.9 Å². The molecule has 0 N–H and O–H groups in total. The van der Waals surface area contributed by atoms with Crippen molar-refractivity contribution in [1.29, 1.82) is 0 Å². The van der Waals surface area contributed by atoms with Gasteiger partial charge in [-0.05, 0) is 25.3 Å². The van der Waals surface area contributed by atoms with E-state index in [9.17, 15) is 0 Å². The molecule has 3 nitrogen and oxygen atoms in total. The Hall–Kier alpha value is -0.930. The lowest BCUT2D eigenvalue weighted by molar-refractivity contribution is 0.0902. The second kappa shape index (κ2) is 8.38. The van der Waals surface area contributed by atoms with Crippen molar-refractivity contribution in [3.05, 3.63) is 23.8 Å². The molecular formula is C16H23ClO3. The average Bonchev–Trinajstić information content (AvgIpc) is 2.98. The molecule has 112 valence electrons. The molecule has 0 saturated carbocycles. The van der Waals surface area contributed by atoms with Crippen LogP contribution in [0.25, 0.3) is 0 Å². The van der Waals surface area contributed by atoms with Gasteiger partial charge >= 0.3 is 0 Å². The minimum Gasteiger partial charge on any atom is -0.493 e. The van der Waals surface area contributed by atoms with Gasteiger partial charge in [0.25, 0.3) is 0 Å². The Morgan fingerprint density at radius 2 is 2.20 bits per heavy atom. The zero-order valence-corrected chi connectivity index (χ0v) is 12.8. The third-order valence-electron chi connectivity index (χ3n) is 3.38. The Bertz CT molecular complexity index is 403. The topological polar surface area (TPSA) is 27.7 Å². The van der Waals surface area contributed by atoms with Crippen molar-refractivity contribution in [2.24, 2.45) is 0 Å². The van der Waals surface area contributed by atoms with Crippen LogP contribution in [0.15, 0.2) is 18.2 Å². The van der Waals surface area contributed by atoms with Crippen LogP contribution in [0, 0.1) is 0 Å². The molecule has 1 aliphatic heterocycles. The molecule has 1 aromatic rings. The van der Waals surface area contributed by atoms with Crippen LogP contribution in [0.1, 0.15) is 38.2 Å². The van der Waals surface area contributed by atoms with E-state index in [1.807, 2.05) is 18.2 Å². The summed E-state index contributed by atoms with van der Waals surface area (Å²) in [4.78, 5) is 0. The number of rotatable bonds is 8. The number of benzene rings is 1. The molecule has 1 aliphatic rings. The number of hydrogen-bond acceptors (Lipinski definition) is 3. The minimum atomic E-state index is 0.356. The molecular weight excluding hydrogens is 276 g/mol. The number of ether oxygens (including phenoxy) is 3. The van der Waals surface area contributed by atoms with E-state index in [2.05, 4.69) is 6.92 Å². The van der Waals surface area contributed by atoms with Crippen LogP contribution < -0.4 is 9.47 Å². The smallest absolute Gasteiger partial charge is 0.127 e. The quantitative estimate of drug-likeness (QED) is 0.674. The second-order valence-electron chi connectivity index (χ2n) is 5.02. The first-order valence-electron chi connectivity index (χ1n) is 7.39.